The highest BCUT2D eigenvalue weighted by molar-refractivity contribution is 8.00. The van der Waals surface area contributed by atoms with Gasteiger partial charge in [-0.15, -0.1) is 0 Å². The van der Waals surface area contributed by atoms with E-state index in [4.69, 9.17) is 8.83 Å². The summed E-state index contributed by atoms with van der Waals surface area (Å²) in [5.74, 6) is 0. The Balaban J connectivity index is 0.982. The molecule has 13 aromatic rings. The smallest absolute Gasteiger partial charge is 0.249 e. The lowest BCUT2D eigenvalue weighted by Crippen LogP contribution is -2.60. The zero-order valence-electron chi connectivity index (χ0n) is 45.7. The number of anilines is 9. The van der Waals surface area contributed by atoms with Crippen molar-refractivity contribution >= 4 is 130 Å². The van der Waals surface area contributed by atoms with E-state index in [0.29, 0.717) is 0 Å². The number of hydrogen-bond acceptors (Lipinski definition) is 6. The topological polar surface area (TPSA) is 36.0 Å². The molecular weight excluding hydrogens is 1010 g/mol. The summed E-state index contributed by atoms with van der Waals surface area (Å²) in [6.07, 6.45) is 2.22. The molecular formula is C74H56BN3O2S. The van der Waals surface area contributed by atoms with Crippen molar-refractivity contribution in [2.75, 3.05) is 14.7 Å². The largest absolute Gasteiger partial charge is 0.456 e. The van der Waals surface area contributed by atoms with Crippen molar-refractivity contribution in [3.8, 4) is 11.1 Å². The first kappa shape index (κ1) is 47.8. The fourth-order valence-corrected chi connectivity index (χ4v) is 15.0. The second kappa shape index (κ2) is 18.2. The second-order valence-electron chi connectivity index (χ2n) is 23.4. The van der Waals surface area contributed by atoms with Gasteiger partial charge in [-0.25, -0.2) is 0 Å². The van der Waals surface area contributed by atoms with Crippen LogP contribution in [-0.4, -0.2) is 6.71 Å². The molecule has 0 unspecified atom stereocenters. The monoisotopic (exact) mass is 1060 g/mol. The lowest BCUT2D eigenvalue weighted by molar-refractivity contribution is 0.332. The van der Waals surface area contributed by atoms with Gasteiger partial charge in [0, 0.05) is 76.8 Å². The Hall–Kier alpha value is -9.17. The molecule has 1 aliphatic carbocycles. The Kier molecular flexibility index (Phi) is 10.7. The number of rotatable bonds is 8. The van der Waals surface area contributed by atoms with Crippen molar-refractivity contribution in [1.82, 2.24) is 0 Å². The Bertz CT molecular complexity index is 4570. The van der Waals surface area contributed by atoms with Crippen LogP contribution >= 0.6 is 11.8 Å². The summed E-state index contributed by atoms with van der Waals surface area (Å²) >= 11 is 1.90. The van der Waals surface area contributed by atoms with Crippen LogP contribution in [-0.2, 0) is 10.8 Å². The van der Waals surface area contributed by atoms with Crippen LogP contribution in [0.3, 0.4) is 0 Å². The van der Waals surface area contributed by atoms with Gasteiger partial charge < -0.3 is 23.5 Å². The molecule has 0 amide bonds. The predicted octanol–water partition coefficient (Wildman–Crippen LogP) is 19.2. The summed E-state index contributed by atoms with van der Waals surface area (Å²) in [5, 5.41) is 4.33. The number of furan rings is 2. The summed E-state index contributed by atoms with van der Waals surface area (Å²) in [4.78, 5) is 9.96. The van der Waals surface area contributed by atoms with Crippen LogP contribution in [0.5, 0.6) is 0 Å². The van der Waals surface area contributed by atoms with Crippen LogP contribution in [0.2, 0.25) is 0 Å². The van der Waals surface area contributed by atoms with Crippen LogP contribution in [0.25, 0.3) is 55.0 Å². The zero-order valence-corrected chi connectivity index (χ0v) is 46.5. The highest BCUT2D eigenvalue weighted by atomic mass is 32.2. The zero-order chi connectivity index (χ0) is 54.1. The minimum Gasteiger partial charge on any atom is -0.456 e. The van der Waals surface area contributed by atoms with E-state index in [1.165, 1.54) is 54.4 Å². The lowest BCUT2D eigenvalue weighted by atomic mass is 9.34. The Labute approximate surface area is 476 Å². The molecule has 0 atom stereocenters. The summed E-state index contributed by atoms with van der Waals surface area (Å²) in [6.45, 7) is 9.76. The van der Waals surface area contributed by atoms with Crippen LogP contribution in [0.15, 0.2) is 261 Å². The summed E-state index contributed by atoms with van der Waals surface area (Å²) < 4.78 is 13.2. The van der Waals surface area contributed by atoms with Gasteiger partial charge in [0.15, 0.2) is 0 Å². The van der Waals surface area contributed by atoms with E-state index < -0.39 is 0 Å². The standard InChI is InChI=1S/C74H56BN3O2S/c1-73(2)40-41-74(3,4)71-57(73)29-19-30-60(71)78-61-45-53(76(49-20-9-5-10-21-49)50-22-11-6-12-23-50)33-35-58(61)75-59-36-34-54(77(51-24-13-7-14-25-51)52-26-15-8-16-27-52)46-67(59)81-68-44-48(43-62(78)72(68)75)47-32-37-64-56(42-47)70-66(80-64)39-38-65-69(70)55-28-17-18-31-63(55)79-65/h5-39,42-46H,40-41H2,1-4H3. The fourth-order valence-electron chi connectivity index (χ4n) is 13.8. The summed E-state index contributed by atoms with van der Waals surface area (Å²) in [6, 6.07) is 89.0. The number of fused-ring (bicyclic) bond motifs is 12. The van der Waals surface area contributed by atoms with Crippen LogP contribution < -0.4 is 31.1 Å². The number of nitrogens with zero attached hydrogens (tertiary/aromatic N) is 3. The van der Waals surface area contributed by atoms with E-state index in [1.54, 1.807) is 0 Å². The summed E-state index contributed by atoms with van der Waals surface area (Å²) in [5.41, 5.74) is 22.7. The molecule has 81 heavy (non-hydrogen) atoms. The molecule has 4 heterocycles. The van der Waals surface area contributed by atoms with Gasteiger partial charge in [-0.3, -0.25) is 0 Å². The molecule has 388 valence electrons. The van der Waals surface area contributed by atoms with Crippen molar-refractivity contribution < 1.29 is 8.83 Å². The first-order valence-electron chi connectivity index (χ1n) is 28.3. The maximum atomic E-state index is 6.70. The molecule has 0 N–H and O–H groups in total. The van der Waals surface area contributed by atoms with Gasteiger partial charge >= 0.3 is 0 Å². The van der Waals surface area contributed by atoms with E-state index in [9.17, 15) is 0 Å². The maximum Gasteiger partial charge on any atom is 0.249 e. The Morgan fingerprint density at radius 1 is 0.395 bits per heavy atom. The van der Waals surface area contributed by atoms with Gasteiger partial charge in [0.2, 0.25) is 6.71 Å². The average Bonchev–Trinajstić information content (AvgIpc) is 3.39. The van der Waals surface area contributed by atoms with Crippen LogP contribution in [0, 0.1) is 0 Å². The molecule has 0 spiro atoms. The van der Waals surface area contributed by atoms with Crippen molar-refractivity contribution in [1.29, 1.82) is 0 Å². The third-order valence-electron chi connectivity index (χ3n) is 17.7. The number of hydrogen-bond donors (Lipinski definition) is 0. The quantitative estimate of drug-likeness (QED) is 0.141. The molecule has 0 fully saturated rings. The number of para-hydroxylation sites is 5. The highest BCUT2D eigenvalue weighted by Gasteiger charge is 2.45. The Morgan fingerprint density at radius 3 is 1.58 bits per heavy atom. The SMILES string of the molecule is CC1(C)CCC(C)(C)c2c(N3c4cc(N(c5ccccc5)c5ccccc5)ccc4B4c5ccc(N(c6ccccc6)c6ccccc6)cc5Sc5cc(-c6ccc7oc8ccc9oc%10ccccc%10c9c8c7c6)cc3c54)cccc21. The van der Waals surface area contributed by atoms with Crippen LogP contribution in [0.4, 0.5) is 51.2 Å². The molecule has 5 nitrogen and oxygen atoms in total. The van der Waals surface area contributed by atoms with Crippen molar-refractivity contribution in [2.24, 2.45) is 0 Å². The van der Waals surface area contributed by atoms with Gasteiger partial charge in [0.1, 0.15) is 22.3 Å². The normalized spacial score (nSPS) is 14.7. The molecule has 16 rings (SSSR count). The first-order chi connectivity index (χ1) is 39.6. The minimum atomic E-state index is -0.0923. The third-order valence-corrected chi connectivity index (χ3v) is 18.8. The van der Waals surface area contributed by atoms with Crippen LogP contribution in [0.1, 0.15) is 51.7 Å². The fraction of sp³-hybridized carbons (Fsp3) is 0.108. The third kappa shape index (κ3) is 7.55. The first-order valence-corrected chi connectivity index (χ1v) is 29.1. The van der Waals surface area contributed by atoms with E-state index in [0.717, 1.165) is 102 Å². The molecule has 3 aliphatic rings. The molecule has 0 radical (unpaired) electrons. The van der Waals surface area contributed by atoms with E-state index in [1.807, 2.05) is 23.9 Å². The molecule has 0 bridgehead atoms. The van der Waals surface area contributed by atoms with E-state index in [2.05, 4.69) is 273 Å². The van der Waals surface area contributed by atoms with Crippen molar-refractivity contribution in [2.45, 2.75) is 61.2 Å². The van der Waals surface area contributed by atoms with Crippen molar-refractivity contribution in [3.63, 3.8) is 0 Å². The maximum absolute atomic E-state index is 6.70. The molecule has 2 aliphatic heterocycles. The molecule has 0 saturated heterocycles. The Morgan fingerprint density at radius 2 is 0.938 bits per heavy atom. The molecule has 7 heteroatoms. The van der Waals surface area contributed by atoms with Gasteiger partial charge in [0.05, 0.1) is 5.69 Å². The van der Waals surface area contributed by atoms with Gasteiger partial charge in [-0.1, -0.05) is 166 Å². The van der Waals surface area contributed by atoms with Gasteiger partial charge in [-0.05, 0) is 178 Å². The minimum absolute atomic E-state index is 0.00303. The van der Waals surface area contributed by atoms with E-state index >= 15 is 0 Å². The van der Waals surface area contributed by atoms with Gasteiger partial charge in [0.25, 0.3) is 0 Å². The second-order valence-corrected chi connectivity index (χ2v) is 24.5. The number of benzene rings is 11. The average molecular weight is 1060 g/mol. The molecule has 11 aromatic carbocycles. The predicted molar refractivity (Wildman–Crippen MR) is 341 cm³/mol. The van der Waals surface area contributed by atoms with Crippen molar-refractivity contribution in [3.05, 3.63) is 254 Å². The molecule has 2 aromatic heterocycles. The molecule has 0 saturated carbocycles. The van der Waals surface area contributed by atoms with Gasteiger partial charge in [-0.2, -0.15) is 0 Å². The van der Waals surface area contributed by atoms with E-state index in [-0.39, 0.29) is 17.5 Å². The highest BCUT2D eigenvalue weighted by Crippen LogP contribution is 2.54. The lowest BCUT2D eigenvalue weighted by Gasteiger charge is -2.47. The summed E-state index contributed by atoms with van der Waals surface area (Å²) in [7, 11) is 0.